The first kappa shape index (κ1) is 26.3. The summed E-state index contributed by atoms with van der Waals surface area (Å²) in [5, 5.41) is 6.12. The Morgan fingerprint density at radius 3 is 1.94 bits per heavy atom. The summed E-state index contributed by atoms with van der Waals surface area (Å²) in [5.41, 5.74) is -0.363. The van der Waals surface area contributed by atoms with Gasteiger partial charge in [-0.3, -0.25) is 0 Å². The molecule has 1 aliphatic rings. The normalized spacial score (nSPS) is 20.1. The number of hydrogen-bond donors (Lipinski definition) is 2. The van der Waals surface area contributed by atoms with Crippen molar-refractivity contribution in [3.8, 4) is 5.75 Å². The first-order valence-corrected chi connectivity index (χ1v) is 11.7. The maximum Gasteiger partial charge on any atom is 0.408 e. The van der Waals surface area contributed by atoms with Crippen LogP contribution in [0.4, 0.5) is 16.2 Å². The lowest BCUT2D eigenvalue weighted by Gasteiger charge is -2.36. The highest BCUT2D eigenvalue weighted by atomic mass is 16.6. The largest absolute Gasteiger partial charge is 0.497 e. The number of amides is 1. The number of nitrogens with one attached hydrogen (secondary N) is 2. The number of carbonyl (C=O) groups excluding carboxylic acids is 2. The molecule has 0 aliphatic carbocycles. The summed E-state index contributed by atoms with van der Waals surface area (Å²) < 4.78 is 22.4. The second-order valence-corrected chi connectivity index (χ2v) is 10.6. The first-order chi connectivity index (χ1) is 16.3. The summed E-state index contributed by atoms with van der Waals surface area (Å²) in [5.74, 6) is 0.221. The smallest absolute Gasteiger partial charge is 0.408 e. The fraction of sp³-hybridized carbons (Fsp3) is 0.481. The van der Waals surface area contributed by atoms with E-state index in [4.69, 9.17) is 18.9 Å². The predicted molar refractivity (Wildman–Crippen MR) is 134 cm³/mol. The minimum atomic E-state index is -1.42. The Balaban J connectivity index is 1.86. The number of esters is 1. The highest BCUT2D eigenvalue weighted by Gasteiger charge is 2.55. The summed E-state index contributed by atoms with van der Waals surface area (Å²) >= 11 is 0. The quantitative estimate of drug-likeness (QED) is 0.522. The van der Waals surface area contributed by atoms with Crippen molar-refractivity contribution in [1.29, 1.82) is 0 Å². The molecule has 2 aromatic rings. The lowest BCUT2D eigenvalue weighted by atomic mass is 9.86. The van der Waals surface area contributed by atoms with E-state index in [1.165, 1.54) is 0 Å². The molecule has 190 valence electrons. The lowest BCUT2D eigenvalue weighted by molar-refractivity contribution is -0.166. The zero-order chi connectivity index (χ0) is 25.9. The third-order valence-electron chi connectivity index (χ3n) is 5.31. The maximum atomic E-state index is 13.4. The Kier molecular flexibility index (Phi) is 7.65. The summed E-state index contributed by atoms with van der Waals surface area (Å²) in [7, 11) is 1.63. The van der Waals surface area contributed by atoms with E-state index in [0.717, 1.165) is 22.7 Å². The Morgan fingerprint density at radius 2 is 1.43 bits per heavy atom. The molecule has 0 bridgehead atoms. The van der Waals surface area contributed by atoms with E-state index in [2.05, 4.69) is 10.6 Å². The van der Waals surface area contributed by atoms with Crippen molar-refractivity contribution in [2.75, 3.05) is 19.0 Å². The predicted octanol–water partition coefficient (Wildman–Crippen LogP) is 5.51. The molecule has 0 aromatic heterocycles. The van der Waals surface area contributed by atoms with E-state index < -0.39 is 34.9 Å². The van der Waals surface area contributed by atoms with Gasteiger partial charge in [0.05, 0.1) is 13.7 Å². The zero-order valence-corrected chi connectivity index (χ0v) is 21.6. The molecular formula is C27H36N2O6. The fourth-order valence-corrected chi connectivity index (χ4v) is 3.82. The standard InChI is InChI=1S/C27H36N2O6/c1-25(2,3)34-23(30)27(29-24(31)35-26(4,5)6)16-17-33-22(27)18-8-10-19(11-9-18)28-20-12-14-21(32-7)15-13-20/h8-15,22,28H,16-17H2,1-7H3,(H,29,31)/t22-,27+/m0/s1. The third kappa shape index (κ3) is 6.88. The van der Waals surface area contributed by atoms with Crippen molar-refractivity contribution in [3.63, 3.8) is 0 Å². The topological polar surface area (TPSA) is 95.1 Å². The molecule has 0 saturated carbocycles. The third-order valence-corrected chi connectivity index (χ3v) is 5.31. The van der Waals surface area contributed by atoms with E-state index in [1.54, 1.807) is 48.7 Å². The maximum absolute atomic E-state index is 13.4. The number of methoxy groups -OCH3 is 1. The number of benzene rings is 2. The molecule has 1 amide bonds. The van der Waals surface area contributed by atoms with Crippen LogP contribution in [-0.4, -0.2) is 42.5 Å². The molecule has 0 spiro atoms. The van der Waals surface area contributed by atoms with E-state index >= 15 is 0 Å². The molecule has 3 rings (SSSR count). The molecule has 8 heteroatoms. The van der Waals surface area contributed by atoms with Crippen molar-refractivity contribution in [2.45, 2.75) is 70.8 Å². The molecule has 0 unspecified atom stereocenters. The number of alkyl carbamates (subject to hydrolysis) is 1. The highest BCUT2D eigenvalue weighted by molar-refractivity contribution is 5.87. The number of ether oxygens (including phenoxy) is 4. The Bertz CT molecular complexity index is 1020. The van der Waals surface area contributed by atoms with E-state index in [1.807, 2.05) is 48.5 Å². The molecule has 2 aromatic carbocycles. The average molecular weight is 485 g/mol. The molecule has 2 N–H and O–H groups in total. The van der Waals surface area contributed by atoms with Gasteiger partial charge in [0.15, 0.2) is 5.54 Å². The van der Waals surface area contributed by atoms with Crippen LogP contribution in [0.15, 0.2) is 48.5 Å². The monoisotopic (exact) mass is 484 g/mol. The van der Waals surface area contributed by atoms with Gasteiger partial charge in [-0.1, -0.05) is 12.1 Å². The molecule has 1 aliphatic heterocycles. The number of rotatable bonds is 6. The lowest BCUT2D eigenvalue weighted by Crippen LogP contribution is -2.59. The minimum absolute atomic E-state index is 0.262. The van der Waals surface area contributed by atoms with Crippen LogP contribution in [0.2, 0.25) is 0 Å². The van der Waals surface area contributed by atoms with Crippen LogP contribution in [0.1, 0.15) is 59.6 Å². The molecule has 8 nitrogen and oxygen atoms in total. The van der Waals surface area contributed by atoms with Crippen LogP contribution >= 0.6 is 0 Å². The van der Waals surface area contributed by atoms with Gasteiger partial charge in [-0.05, 0) is 83.5 Å². The molecule has 2 atom stereocenters. The van der Waals surface area contributed by atoms with Gasteiger partial charge in [-0.2, -0.15) is 0 Å². The van der Waals surface area contributed by atoms with Gasteiger partial charge < -0.3 is 29.6 Å². The number of hydrogen-bond acceptors (Lipinski definition) is 7. The van der Waals surface area contributed by atoms with Crippen LogP contribution in [0, 0.1) is 0 Å². The van der Waals surface area contributed by atoms with Crippen LogP contribution in [0.3, 0.4) is 0 Å². The van der Waals surface area contributed by atoms with Crippen molar-refractivity contribution < 1.29 is 28.5 Å². The average Bonchev–Trinajstić information content (AvgIpc) is 3.17. The van der Waals surface area contributed by atoms with E-state index in [0.29, 0.717) is 0 Å². The van der Waals surface area contributed by atoms with Crippen LogP contribution < -0.4 is 15.4 Å². The molecule has 1 fully saturated rings. The van der Waals surface area contributed by atoms with Crippen LogP contribution in [0.25, 0.3) is 0 Å². The van der Waals surface area contributed by atoms with Gasteiger partial charge in [0.1, 0.15) is 23.1 Å². The van der Waals surface area contributed by atoms with Gasteiger partial charge in [0.2, 0.25) is 0 Å². The molecular weight excluding hydrogens is 448 g/mol. The summed E-state index contributed by atoms with van der Waals surface area (Å²) in [4.78, 5) is 26.2. The highest BCUT2D eigenvalue weighted by Crippen LogP contribution is 2.41. The second kappa shape index (κ2) is 10.2. The number of carbonyl (C=O) groups is 2. The zero-order valence-electron chi connectivity index (χ0n) is 21.6. The molecule has 0 radical (unpaired) electrons. The number of anilines is 2. The first-order valence-electron chi connectivity index (χ1n) is 11.7. The summed E-state index contributed by atoms with van der Waals surface area (Å²) in [6, 6.07) is 15.1. The molecule has 35 heavy (non-hydrogen) atoms. The Hall–Kier alpha value is -3.26. The Morgan fingerprint density at radius 1 is 0.886 bits per heavy atom. The minimum Gasteiger partial charge on any atom is -0.497 e. The van der Waals surface area contributed by atoms with Gasteiger partial charge in [-0.25, -0.2) is 9.59 Å². The van der Waals surface area contributed by atoms with Gasteiger partial charge in [0.25, 0.3) is 0 Å². The second-order valence-electron chi connectivity index (χ2n) is 10.6. The molecule has 1 heterocycles. The van der Waals surface area contributed by atoms with Gasteiger partial charge in [0, 0.05) is 17.8 Å². The van der Waals surface area contributed by atoms with Gasteiger partial charge >= 0.3 is 12.1 Å². The van der Waals surface area contributed by atoms with Crippen molar-refractivity contribution in [3.05, 3.63) is 54.1 Å². The Labute approximate surface area is 207 Å². The molecule has 1 saturated heterocycles. The van der Waals surface area contributed by atoms with E-state index in [-0.39, 0.29) is 13.0 Å². The fourth-order valence-electron chi connectivity index (χ4n) is 3.82. The van der Waals surface area contributed by atoms with E-state index in [9.17, 15) is 9.59 Å². The van der Waals surface area contributed by atoms with Gasteiger partial charge in [-0.15, -0.1) is 0 Å². The summed E-state index contributed by atoms with van der Waals surface area (Å²) in [6.45, 7) is 11.0. The van der Waals surface area contributed by atoms with Crippen LogP contribution in [0.5, 0.6) is 5.75 Å². The van der Waals surface area contributed by atoms with Crippen molar-refractivity contribution >= 4 is 23.4 Å². The van der Waals surface area contributed by atoms with Crippen molar-refractivity contribution in [1.82, 2.24) is 5.32 Å². The van der Waals surface area contributed by atoms with Crippen molar-refractivity contribution in [2.24, 2.45) is 0 Å². The summed E-state index contributed by atoms with van der Waals surface area (Å²) in [6.07, 6.45) is -1.17. The van der Waals surface area contributed by atoms with Crippen LogP contribution in [-0.2, 0) is 19.0 Å². The SMILES string of the molecule is COc1ccc(Nc2ccc([C@@H]3OCC[C@]3(NC(=O)OC(C)(C)C)C(=O)OC(C)(C)C)cc2)cc1.